The summed E-state index contributed by atoms with van der Waals surface area (Å²) in [6.07, 6.45) is 9.59. The third kappa shape index (κ3) is 3.54. The van der Waals surface area contributed by atoms with Crippen molar-refractivity contribution in [2.45, 2.75) is 75.5 Å². The average Bonchev–Trinajstić information content (AvgIpc) is 2.51. The predicted molar refractivity (Wildman–Crippen MR) is 107 cm³/mol. The van der Waals surface area contributed by atoms with Gasteiger partial charge in [0.1, 0.15) is 0 Å². The van der Waals surface area contributed by atoms with Gasteiger partial charge >= 0.3 is 0 Å². The zero-order valence-electron chi connectivity index (χ0n) is 15.5. The van der Waals surface area contributed by atoms with Gasteiger partial charge in [-0.25, -0.2) is 0 Å². The number of nitrogens with one attached hydrogen (secondary N) is 1. The highest BCUT2D eigenvalue weighted by molar-refractivity contribution is 9.10. The second-order valence-electron chi connectivity index (χ2n) is 9.27. The molecule has 0 radical (unpaired) electrons. The van der Waals surface area contributed by atoms with Crippen molar-refractivity contribution in [3.05, 3.63) is 29.8 Å². The van der Waals surface area contributed by atoms with Crippen LogP contribution in [0.1, 0.15) is 76.7 Å². The number of carbonyl (C=O) groups excluding carboxylic acids is 1. The molecule has 2 unspecified atom stereocenters. The van der Waals surface area contributed by atoms with Gasteiger partial charge in [0, 0.05) is 16.4 Å². The zero-order chi connectivity index (χ0) is 17.7. The smallest absolute Gasteiger partial charge is 0.224 e. The van der Waals surface area contributed by atoms with Gasteiger partial charge in [0.25, 0.3) is 0 Å². The van der Waals surface area contributed by atoms with Crippen LogP contribution < -0.4 is 5.32 Å². The fraction of sp³-hybridized carbons (Fsp3) is 0.682. The first-order chi connectivity index (χ1) is 11.9. The van der Waals surface area contributed by atoms with Crippen molar-refractivity contribution in [2.75, 3.05) is 5.32 Å². The maximum Gasteiger partial charge on any atom is 0.224 e. The average molecular weight is 404 g/mol. The Morgan fingerprint density at radius 3 is 2.40 bits per heavy atom. The van der Waals surface area contributed by atoms with Crippen molar-refractivity contribution in [1.82, 2.24) is 0 Å². The number of hydrogen-bond donors (Lipinski definition) is 1. The Bertz CT molecular complexity index is 638. The van der Waals surface area contributed by atoms with E-state index in [0.717, 1.165) is 23.9 Å². The molecule has 2 nitrogen and oxygen atoms in total. The standard InChI is InChI=1S/C22H30BrNO/c1-3-15(2)18-4-6-19(7-5-18)24-20(25)13-21-9-16-8-17(10-21)12-22(23,11-16)14-21/h4-7,15-17H,3,8-14H2,1-2H3,(H,24,25)/t15-,16-,17+,21?,22?/m0/s1. The molecule has 1 amide bonds. The molecule has 0 heterocycles. The molecule has 4 aliphatic rings. The number of carbonyl (C=O) groups is 1. The molecule has 0 aliphatic heterocycles. The molecule has 1 aromatic rings. The van der Waals surface area contributed by atoms with Crippen molar-refractivity contribution in [3.63, 3.8) is 0 Å². The number of amides is 1. The van der Waals surface area contributed by atoms with E-state index >= 15 is 0 Å². The molecule has 0 spiro atoms. The van der Waals surface area contributed by atoms with Crippen LogP contribution in [0.3, 0.4) is 0 Å². The number of halogens is 1. The summed E-state index contributed by atoms with van der Waals surface area (Å²) in [6.45, 7) is 4.46. The SMILES string of the molecule is CC[C@H](C)c1ccc(NC(=O)CC23C[C@@H]4C[C@@H](CC(Br)(C4)C2)C3)cc1. The molecule has 0 aromatic heterocycles. The lowest BCUT2D eigenvalue weighted by Gasteiger charge is -2.60. The van der Waals surface area contributed by atoms with Gasteiger partial charge in [-0.05, 0) is 85.8 Å². The molecule has 5 rings (SSSR count). The molecule has 3 heteroatoms. The van der Waals surface area contributed by atoms with Gasteiger partial charge < -0.3 is 5.32 Å². The minimum atomic E-state index is 0.203. The van der Waals surface area contributed by atoms with Gasteiger partial charge in [-0.15, -0.1) is 0 Å². The Labute approximate surface area is 160 Å². The summed E-state index contributed by atoms with van der Waals surface area (Å²) in [7, 11) is 0. The van der Waals surface area contributed by atoms with Crippen LogP contribution in [0.15, 0.2) is 24.3 Å². The molecule has 4 bridgehead atoms. The van der Waals surface area contributed by atoms with Crippen LogP contribution in [0.25, 0.3) is 0 Å². The Balaban J connectivity index is 1.41. The first-order valence-electron chi connectivity index (χ1n) is 9.97. The lowest BCUT2D eigenvalue weighted by Crippen LogP contribution is -2.53. The predicted octanol–water partition coefficient (Wildman–Crippen LogP) is 6.26. The van der Waals surface area contributed by atoms with E-state index in [1.165, 1.54) is 44.1 Å². The van der Waals surface area contributed by atoms with Crippen LogP contribution in [-0.4, -0.2) is 10.2 Å². The van der Waals surface area contributed by atoms with Gasteiger partial charge in [-0.1, -0.05) is 41.9 Å². The summed E-state index contributed by atoms with van der Waals surface area (Å²) in [4.78, 5) is 12.7. The summed E-state index contributed by atoms with van der Waals surface area (Å²) in [5.41, 5.74) is 2.53. The van der Waals surface area contributed by atoms with Gasteiger partial charge in [-0.3, -0.25) is 4.79 Å². The van der Waals surface area contributed by atoms with Crippen LogP contribution in [0.4, 0.5) is 5.69 Å². The molecule has 1 aromatic carbocycles. The van der Waals surface area contributed by atoms with Gasteiger partial charge in [0.15, 0.2) is 0 Å². The summed E-state index contributed by atoms with van der Waals surface area (Å²) in [6, 6.07) is 8.43. The van der Waals surface area contributed by atoms with Crippen LogP contribution in [-0.2, 0) is 4.79 Å². The minimum absolute atomic E-state index is 0.203. The van der Waals surface area contributed by atoms with E-state index in [2.05, 4.69) is 59.4 Å². The van der Waals surface area contributed by atoms with E-state index in [1.807, 2.05) is 0 Å². The summed E-state index contributed by atoms with van der Waals surface area (Å²) >= 11 is 4.05. The van der Waals surface area contributed by atoms with Crippen LogP contribution >= 0.6 is 15.9 Å². The fourth-order valence-electron chi connectivity index (χ4n) is 6.22. The normalized spacial score (nSPS) is 37.1. The molecular weight excluding hydrogens is 374 g/mol. The maximum atomic E-state index is 12.7. The Hall–Kier alpha value is -0.830. The molecule has 5 atom stereocenters. The van der Waals surface area contributed by atoms with Gasteiger partial charge in [0.2, 0.25) is 5.91 Å². The van der Waals surface area contributed by atoms with Crippen molar-refractivity contribution in [1.29, 1.82) is 0 Å². The topological polar surface area (TPSA) is 29.1 Å². The van der Waals surface area contributed by atoms with E-state index in [1.54, 1.807) is 0 Å². The Morgan fingerprint density at radius 1 is 1.20 bits per heavy atom. The van der Waals surface area contributed by atoms with Crippen molar-refractivity contribution in [3.8, 4) is 0 Å². The molecule has 4 aliphatic carbocycles. The number of benzene rings is 1. The largest absolute Gasteiger partial charge is 0.326 e. The number of anilines is 1. The van der Waals surface area contributed by atoms with Crippen LogP contribution in [0, 0.1) is 17.3 Å². The lowest BCUT2D eigenvalue weighted by atomic mass is 9.48. The van der Waals surface area contributed by atoms with E-state index in [9.17, 15) is 4.79 Å². The highest BCUT2D eigenvalue weighted by Crippen LogP contribution is 2.65. The van der Waals surface area contributed by atoms with Crippen molar-refractivity contribution in [2.24, 2.45) is 17.3 Å². The van der Waals surface area contributed by atoms with Crippen molar-refractivity contribution >= 4 is 27.5 Å². The minimum Gasteiger partial charge on any atom is -0.326 e. The fourth-order valence-corrected chi connectivity index (χ4v) is 7.73. The number of hydrogen-bond acceptors (Lipinski definition) is 1. The molecule has 0 saturated heterocycles. The van der Waals surface area contributed by atoms with E-state index in [0.29, 0.717) is 16.7 Å². The van der Waals surface area contributed by atoms with E-state index in [-0.39, 0.29) is 11.3 Å². The Morgan fingerprint density at radius 2 is 1.84 bits per heavy atom. The molecule has 4 saturated carbocycles. The van der Waals surface area contributed by atoms with Crippen molar-refractivity contribution < 1.29 is 4.79 Å². The highest BCUT2D eigenvalue weighted by Gasteiger charge is 2.57. The quantitative estimate of drug-likeness (QED) is 0.577. The van der Waals surface area contributed by atoms with Crippen LogP contribution in [0.5, 0.6) is 0 Å². The summed E-state index contributed by atoms with van der Waals surface area (Å²) in [5, 5.41) is 3.16. The third-order valence-electron chi connectivity index (χ3n) is 7.02. The second kappa shape index (κ2) is 6.40. The number of rotatable bonds is 5. The zero-order valence-corrected chi connectivity index (χ0v) is 17.1. The molecule has 1 N–H and O–H groups in total. The second-order valence-corrected chi connectivity index (χ2v) is 11.0. The lowest BCUT2D eigenvalue weighted by molar-refractivity contribution is -0.123. The van der Waals surface area contributed by atoms with E-state index in [4.69, 9.17) is 0 Å². The molecule has 4 fully saturated rings. The first kappa shape index (κ1) is 17.6. The third-order valence-corrected chi connectivity index (χ3v) is 7.95. The van der Waals surface area contributed by atoms with Gasteiger partial charge in [0.05, 0.1) is 0 Å². The van der Waals surface area contributed by atoms with Gasteiger partial charge in [-0.2, -0.15) is 0 Å². The van der Waals surface area contributed by atoms with E-state index < -0.39 is 0 Å². The monoisotopic (exact) mass is 403 g/mol. The summed E-state index contributed by atoms with van der Waals surface area (Å²) < 4.78 is 0.329. The highest BCUT2D eigenvalue weighted by atomic mass is 79.9. The summed E-state index contributed by atoms with van der Waals surface area (Å²) in [5.74, 6) is 2.45. The van der Waals surface area contributed by atoms with Crippen LogP contribution in [0.2, 0.25) is 0 Å². The maximum absolute atomic E-state index is 12.7. The molecule has 25 heavy (non-hydrogen) atoms. The first-order valence-corrected chi connectivity index (χ1v) is 10.8. The number of alkyl halides is 1. The molecule has 136 valence electrons. The molecular formula is C22H30BrNO. The Kier molecular flexibility index (Phi) is 4.50.